The van der Waals surface area contributed by atoms with Crippen LogP contribution in [0.25, 0.3) is 5.70 Å². The SMILES string of the molecule is CC(=O)C=C(N)c1ccncc1. The minimum absolute atomic E-state index is 0.0516. The van der Waals surface area contributed by atoms with Crippen LogP contribution < -0.4 is 5.73 Å². The molecule has 1 heterocycles. The molecule has 0 aromatic carbocycles. The van der Waals surface area contributed by atoms with Gasteiger partial charge in [-0.25, -0.2) is 0 Å². The normalized spacial score (nSPS) is 11.2. The number of hydrogen-bond donors (Lipinski definition) is 1. The van der Waals surface area contributed by atoms with E-state index < -0.39 is 0 Å². The van der Waals surface area contributed by atoms with Gasteiger partial charge in [0.25, 0.3) is 0 Å². The molecule has 0 bridgehead atoms. The molecule has 0 aliphatic carbocycles. The molecule has 12 heavy (non-hydrogen) atoms. The summed E-state index contributed by atoms with van der Waals surface area (Å²) >= 11 is 0. The largest absolute Gasteiger partial charge is 0.398 e. The summed E-state index contributed by atoms with van der Waals surface area (Å²) < 4.78 is 0. The Kier molecular flexibility index (Phi) is 2.58. The standard InChI is InChI=1S/C9H10N2O/c1-7(12)6-9(10)8-2-4-11-5-3-8/h2-6H,10H2,1H3. The molecule has 0 atom stereocenters. The first-order valence-corrected chi connectivity index (χ1v) is 3.58. The highest BCUT2D eigenvalue weighted by Crippen LogP contribution is 2.05. The van der Waals surface area contributed by atoms with E-state index in [2.05, 4.69) is 4.98 Å². The van der Waals surface area contributed by atoms with Crippen LogP contribution in [0.15, 0.2) is 30.6 Å². The van der Waals surface area contributed by atoms with Gasteiger partial charge in [0, 0.05) is 29.7 Å². The van der Waals surface area contributed by atoms with Crippen LogP contribution in [0.1, 0.15) is 12.5 Å². The van der Waals surface area contributed by atoms with Gasteiger partial charge in [0.05, 0.1) is 0 Å². The zero-order chi connectivity index (χ0) is 8.97. The molecule has 0 aliphatic heterocycles. The third-order valence-electron chi connectivity index (χ3n) is 1.37. The number of carbonyl (C=O) groups is 1. The van der Waals surface area contributed by atoms with E-state index in [9.17, 15) is 4.79 Å². The van der Waals surface area contributed by atoms with Gasteiger partial charge in [-0.05, 0) is 19.1 Å². The third-order valence-corrected chi connectivity index (χ3v) is 1.37. The fourth-order valence-corrected chi connectivity index (χ4v) is 0.847. The Morgan fingerprint density at radius 2 is 2.08 bits per heavy atom. The van der Waals surface area contributed by atoms with E-state index in [1.54, 1.807) is 24.5 Å². The Bertz CT molecular complexity index is 304. The first-order chi connectivity index (χ1) is 5.70. The maximum atomic E-state index is 10.7. The van der Waals surface area contributed by atoms with Gasteiger partial charge in [0.1, 0.15) is 0 Å². The van der Waals surface area contributed by atoms with Crippen LogP contribution in [0.3, 0.4) is 0 Å². The highest BCUT2D eigenvalue weighted by Gasteiger charge is 1.95. The number of pyridine rings is 1. The van der Waals surface area contributed by atoms with Gasteiger partial charge in [-0.2, -0.15) is 0 Å². The van der Waals surface area contributed by atoms with Crippen LogP contribution >= 0.6 is 0 Å². The molecular formula is C9H10N2O. The van der Waals surface area contributed by atoms with Crippen molar-refractivity contribution in [3.05, 3.63) is 36.2 Å². The topological polar surface area (TPSA) is 56.0 Å². The van der Waals surface area contributed by atoms with E-state index in [-0.39, 0.29) is 5.78 Å². The second kappa shape index (κ2) is 3.67. The quantitative estimate of drug-likeness (QED) is 0.659. The van der Waals surface area contributed by atoms with Gasteiger partial charge in [-0.15, -0.1) is 0 Å². The molecule has 0 fully saturated rings. The Morgan fingerprint density at radius 1 is 1.50 bits per heavy atom. The summed E-state index contributed by atoms with van der Waals surface area (Å²) in [6, 6.07) is 3.52. The molecule has 2 N–H and O–H groups in total. The molecule has 0 amide bonds. The van der Waals surface area contributed by atoms with Crippen LogP contribution in [0, 0.1) is 0 Å². The molecule has 1 rings (SSSR count). The average molecular weight is 162 g/mol. The first-order valence-electron chi connectivity index (χ1n) is 3.58. The lowest BCUT2D eigenvalue weighted by molar-refractivity contribution is -0.112. The molecule has 0 saturated carbocycles. The van der Waals surface area contributed by atoms with Gasteiger partial charge in [0.15, 0.2) is 5.78 Å². The van der Waals surface area contributed by atoms with Crippen LogP contribution in [0.5, 0.6) is 0 Å². The molecule has 0 radical (unpaired) electrons. The maximum Gasteiger partial charge on any atom is 0.154 e. The zero-order valence-electron chi connectivity index (χ0n) is 6.82. The van der Waals surface area contributed by atoms with Crippen molar-refractivity contribution < 1.29 is 4.79 Å². The van der Waals surface area contributed by atoms with E-state index in [4.69, 9.17) is 5.73 Å². The Labute approximate surface area is 70.9 Å². The molecule has 3 heteroatoms. The molecule has 62 valence electrons. The van der Waals surface area contributed by atoms with E-state index >= 15 is 0 Å². The lowest BCUT2D eigenvalue weighted by atomic mass is 10.2. The van der Waals surface area contributed by atoms with Gasteiger partial charge < -0.3 is 5.73 Å². The van der Waals surface area contributed by atoms with E-state index in [0.717, 1.165) is 5.56 Å². The van der Waals surface area contributed by atoms with Crippen molar-refractivity contribution in [3.63, 3.8) is 0 Å². The molecule has 0 aliphatic rings. The van der Waals surface area contributed by atoms with Crippen molar-refractivity contribution >= 4 is 11.5 Å². The molecular weight excluding hydrogens is 152 g/mol. The highest BCUT2D eigenvalue weighted by molar-refractivity contribution is 5.94. The van der Waals surface area contributed by atoms with Crippen molar-refractivity contribution in [1.29, 1.82) is 0 Å². The second-order valence-electron chi connectivity index (χ2n) is 2.45. The lowest BCUT2D eigenvalue weighted by Gasteiger charge is -1.98. The first kappa shape index (κ1) is 8.46. The van der Waals surface area contributed by atoms with Crippen molar-refractivity contribution in [1.82, 2.24) is 4.98 Å². The lowest BCUT2D eigenvalue weighted by Crippen LogP contribution is -1.98. The predicted molar refractivity (Wildman–Crippen MR) is 47.1 cm³/mol. The summed E-state index contributed by atoms with van der Waals surface area (Å²) in [5.74, 6) is -0.0516. The molecule has 0 unspecified atom stereocenters. The summed E-state index contributed by atoms with van der Waals surface area (Å²) in [6.45, 7) is 1.47. The van der Waals surface area contributed by atoms with Gasteiger partial charge in [-0.1, -0.05) is 0 Å². The molecule has 0 spiro atoms. The number of nitrogens with zero attached hydrogens (tertiary/aromatic N) is 1. The summed E-state index contributed by atoms with van der Waals surface area (Å²) in [5, 5.41) is 0. The summed E-state index contributed by atoms with van der Waals surface area (Å²) in [6.07, 6.45) is 4.67. The van der Waals surface area contributed by atoms with Crippen LogP contribution in [0.4, 0.5) is 0 Å². The number of aromatic nitrogens is 1. The molecule has 1 aromatic heterocycles. The molecule has 0 saturated heterocycles. The van der Waals surface area contributed by atoms with Crippen molar-refractivity contribution in [3.8, 4) is 0 Å². The fourth-order valence-electron chi connectivity index (χ4n) is 0.847. The van der Waals surface area contributed by atoms with E-state index in [0.29, 0.717) is 5.70 Å². The fraction of sp³-hybridized carbons (Fsp3) is 0.111. The number of allylic oxidation sites excluding steroid dienone is 1. The van der Waals surface area contributed by atoms with E-state index in [1.165, 1.54) is 13.0 Å². The van der Waals surface area contributed by atoms with Crippen molar-refractivity contribution in [2.24, 2.45) is 5.73 Å². The van der Waals surface area contributed by atoms with Crippen LogP contribution in [0.2, 0.25) is 0 Å². The summed E-state index contributed by atoms with van der Waals surface area (Å²) in [5.41, 5.74) is 6.90. The molecule has 3 nitrogen and oxygen atoms in total. The predicted octanol–water partition coefficient (Wildman–Crippen LogP) is 0.970. The average Bonchev–Trinajstić information content (AvgIpc) is 2.05. The Morgan fingerprint density at radius 3 is 2.58 bits per heavy atom. The van der Waals surface area contributed by atoms with Crippen LogP contribution in [-0.4, -0.2) is 10.8 Å². The number of carbonyl (C=O) groups excluding carboxylic acids is 1. The van der Waals surface area contributed by atoms with Crippen molar-refractivity contribution in [2.75, 3.05) is 0 Å². The van der Waals surface area contributed by atoms with Crippen molar-refractivity contribution in [2.45, 2.75) is 6.92 Å². The second-order valence-corrected chi connectivity index (χ2v) is 2.45. The maximum absolute atomic E-state index is 10.7. The highest BCUT2D eigenvalue weighted by atomic mass is 16.1. The zero-order valence-corrected chi connectivity index (χ0v) is 6.82. The van der Waals surface area contributed by atoms with Crippen LogP contribution in [-0.2, 0) is 4.79 Å². The summed E-state index contributed by atoms with van der Waals surface area (Å²) in [4.78, 5) is 14.5. The molecule has 1 aromatic rings. The van der Waals surface area contributed by atoms with Gasteiger partial charge in [0.2, 0.25) is 0 Å². The van der Waals surface area contributed by atoms with Gasteiger partial charge >= 0.3 is 0 Å². The van der Waals surface area contributed by atoms with Gasteiger partial charge in [-0.3, -0.25) is 9.78 Å². The third kappa shape index (κ3) is 2.20. The smallest absolute Gasteiger partial charge is 0.154 e. The minimum Gasteiger partial charge on any atom is -0.398 e. The Hall–Kier alpha value is -1.64. The number of ketones is 1. The number of nitrogens with two attached hydrogens (primary N) is 1. The summed E-state index contributed by atoms with van der Waals surface area (Å²) in [7, 11) is 0. The minimum atomic E-state index is -0.0516. The monoisotopic (exact) mass is 162 g/mol. The number of rotatable bonds is 2. The Balaban J connectivity index is 2.93. The number of hydrogen-bond acceptors (Lipinski definition) is 3. The van der Waals surface area contributed by atoms with E-state index in [1.807, 2.05) is 0 Å².